The number of H-pyrrole nitrogens is 1. The zero-order chi connectivity index (χ0) is 24.0. The van der Waals surface area contributed by atoms with E-state index >= 15 is 0 Å². The molecule has 1 aromatic heterocycles. The van der Waals surface area contributed by atoms with E-state index in [0.29, 0.717) is 22.0 Å². The first-order chi connectivity index (χ1) is 15.5. The SMILES string of the molecule is CCS(=O)(=O)c1cccc(C(C)(C)NC(=O)c2cc3[nH]c4ccccc4c(=O)c3cc2F)c1. The van der Waals surface area contributed by atoms with Crippen LogP contribution in [0.5, 0.6) is 0 Å². The summed E-state index contributed by atoms with van der Waals surface area (Å²) in [4.78, 5) is 29.0. The molecule has 4 aromatic rings. The summed E-state index contributed by atoms with van der Waals surface area (Å²) in [7, 11) is -3.42. The normalized spacial score (nSPS) is 12.2. The standard InChI is InChI=1S/C25H23FN2O4S/c1-4-33(31,32)16-9-7-8-15(12-16)25(2,3)28-24(30)18-14-22-19(13-20(18)26)23(29)17-10-5-6-11-21(17)27-22/h5-14H,4H2,1-3H3,(H,27,29)(H,28,30). The zero-order valence-corrected chi connectivity index (χ0v) is 19.2. The summed E-state index contributed by atoms with van der Waals surface area (Å²) in [6.07, 6.45) is 0. The largest absolute Gasteiger partial charge is 0.354 e. The van der Waals surface area contributed by atoms with Crippen LogP contribution in [-0.4, -0.2) is 25.1 Å². The van der Waals surface area contributed by atoms with Crippen LogP contribution in [0.4, 0.5) is 4.39 Å². The summed E-state index contributed by atoms with van der Waals surface area (Å²) < 4.78 is 39.4. The van der Waals surface area contributed by atoms with Crippen LogP contribution in [-0.2, 0) is 15.4 Å². The molecular weight excluding hydrogens is 443 g/mol. The average molecular weight is 467 g/mol. The van der Waals surface area contributed by atoms with Gasteiger partial charge in [-0.2, -0.15) is 0 Å². The molecule has 0 bridgehead atoms. The molecule has 0 radical (unpaired) electrons. The molecule has 33 heavy (non-hydrogen) atoms. The third-order valence-corrected chi connectivity index (χ3v) is 7.49. The summed E-state index contributed by atoms with van der Waals surface area (Å²) >= 11 is 0. The van der Waals surface area contributed by atoms with E-state index in [1.807, 2.05) is 0 Å². The minimum Gasteiger partial charge on any atom is -0.354 e. The number of fused-ring (bicyclic) bond motifs is 2. The lowest BCUT2D eigenvalue weighted by molar-refractivity contribution is 0.0908. The molecular formula is C25H23FN2O4S. The first-order valence-electron chi connectivity index (χ1n) is 10.4. The summed E-state index contributed by atoms with van der Waals surface area (Å²) in [6.45, 7) is 4.97. The van der Waals surface area contributed by atoms with Crippen molar-refractivity contribution in [1.82, 2.24) is 10.3 Å². The molecule has 0 atom stereocenters. The fraction of sp³-hybridized carbons (Fsp3) is 0.200. The van der Waals surface area contributed by atoms with Crippen molar-refractivity contribution in [3.63, 3.8) is 0 Å². The number of carbonyl (C=O) groups excluding carboxylic acids is 1. The van der Waals surface area contributed by atoms with Crippen molar-refractivity contribution in [2.24, 2.45) is 0 Å². The number of aromatic nitrogens is 1. The van der Waals surface area contributed by atoms with E-state index in [-0.39, 0.29) is 27.0 Å². The number of pyridine rings is 1. The van der Waals surface area contributed by atoms with E-state index in [1.165, 1.54) is 18.2 Å². The molecule has 8 heteroatoms. The van der Waals surface area contributed by atoms with Crippen LogP contribution in [0.25, 0.3) is 21.8 Å². The fourth-order valence-electron chi connectivity index (χ4n) is 3.79. The van der Waals surface area contributed by atoms with Crippen molar-refractivity contribution < 1.29 is 17.6 Å². The Balaban J connectivity index is 1.73. The molecule has 0 saturated heterocycles. The number of para-hydroxylation sites is 1. The van der Waals surface area contributed by atoms with Gasteiger partial charge in [-0.1, -0.05) is 31.2 Å². The third kappa shape index (κ3) is 4.14. The average Bonchev–Trinajstić information content (AvgIpc) is 2.79. The lowest BCUT2D eigenvalue weighted by atomic mass is 9.93. The predicted octanol–water partition coefficient (Wildman–Crippen LogP) is 4.28. The van der Waals surface area contributed by atoms with E-state index in [0.717, 1.165) is 6.07 Å². The number of amides is 1. The topological polar surface area (TPSA) is 96.1 Å². The Morgan fingerprint density at radius 2 is 1.73 bits per heavy atom. The van der Waals surface area contributed by atoms with Gasteiger partial charge in [-0.15, -0.1) is 0 Å². The summed E-state index contributed by atoms with van der Waals surface area (Å²) in [6, 6.07) is 15.6. The monoisotopic (exact) mass is 466 g/mol. The minimum atomic E-state index is -3.42. The van der Waals surface area contributed by atoms with Crippen LogP contribution in [0.3, 0.4) is 0 Å². The predicted molar refractivity (Wildman–Crippen MR) is 127 cm³/mol. The highest BCUT2D eigenvalue weighted by atomic mass is 32.2. The van der Waals surface area contributed by atoms with Gasteiger partial charge >= 0.3 is 0 Å². The molecule has 1 amide bonds. The fourth-order valence-corrected chi connectivity index (χ4v) is 4.71. The van der Waals surface area contributed by atoms with Gasteiger partial charge in [0.1, 0.15) is 5.82 Å². The van der Waals surface area contributed by atoms with Gasteiger partial charge in [0, 0.05) is 16.3 Å². The Kier molecular flexibility index (Phi) is 5.57. The van der Waals surface area contributed by atoms with Gasteiger partial charge in [0.05, 0.1) is 27.3 Å². The van der Waals surface area contributed by atoms with Gasteiger partial charge in [0.15, 0.2) is 15.3 Å². The first kappa shape index (κ1) is 22.7. The van der Waals surface area contributed by atoms with Crippen molar-refractivity contribution >= 4 is 37.6 Å². The van der Waals surface area contributed by atoms with Crippen LogP contribution < -0.4 is 10.7 Å². The first-order valence-corrected chi connectivity index (χ1v) is 12.1. The number of rotatable bonds is 5. The Hall–Kier alpha value is -3.52. The van der Waals surface area contributed by atoms with Crippen molar-refractivity contribution in [3.8, 4) is 0 Å². The molecule has 0 aliphatic heterocycles. The Labute approximate surface area is 190 Å². The number of halogens is 1. The number of aromatic amines is 1. The number of sulfone groups is 1. The van der Waals surface area contributed by atoms with E-state index in [9.17, 15) is 22.4 Å². The van der Waals surface area contributed by atoms with Crippen LogP contribution in [0.1, 0.15) is 36.7 Å². The van der Waals surface area contributed by atoms with Gasteiger partial charge < -0.3 is 10.3 Å². The maximum absolute atomic E-state index is 14.9. The molecule has 1 heterocycles. The summed E-state index contributed by atoms with van der Waals surface area (Å²) in [5.41, 5.74) is -0.0419. The van der Waals surface area contributed by atoms with Crippen LogP contribution in [0.2, 0.25) is 0 Å². The molecule has 0 aliphatic rings. The van der Waals surface area contributed by atoms with Gasteiger partial charge in [-0.3, -0.25) is 9.59 Å². The number of benzene rings is 3. The number of nitrogens with one attached hydrogen (secondary N) is 2. The molecule has 0 aliphatic carbocycles. The molecule has 0 saturated carbocycles. The Bertz CT molecular complexity index is 1570. The third-order valence-electron chi connectivity index (χ3n) is 5.76. The molecule has 4 rings (SSSR count). The summed E-state index contributed by atoms with van der Waals surface area (Å²) in [5, 5.41) is 3.36. The quantitative estimate of drug-likeness (QED) is 0.429. The van der Waals surface area contributed by atoms with Crippen molar-refractivity contribution in [2.45, 2.75) is 31.2 Å². The van der Waals surface area contributed by atoms with Crippen LogP contribution >= 0.6 is 0 Å². The van der Waals surface area contributed by atoms with E-state index in [2.05, 4.69) is 10.3 Å². The lowest BCUT2D eigenvalue weighted by Crippen LogP contribution is -2.41. The highest BCUT2D eigenvalue weighted by Gasteiger charge is 2.27. The van der Waals surface area contributed by atoms with Gasteiger partial charge in [0.25, 0.3) is 5.91 Å². The van der Waals surface area contributed by atoms with E-state index < -0.39 is 27.1 Å². The second-order valence-electron chi connectivity index (χ2n) is 8.39. The summed E-state index contributed by atoms with van der Waals surface area (Å²) in [5.74, 6) is -1.55. The molecule has 3 aromatic carbocycles. The van der Waals surface area contributed by atoms with Crippen molar-refractivity contribution in [3.05, 3.63) is 87.8 Å². The molecule has 0 fully saturated rings. The molecule has 0 unspecified atom stereocenters. The molecule has 6 nitrogen and oxygen atoms in total. The van der Waals surface area contributed by atoms with Crippen LogP contribution in [0.15, 0.2) is 70.4 Å². The second-order valence-corrected chi connectivity index (χ2v) is 10.7. The van der Waals surface area contributed by atoms with Gasteiger partial charge in [-0.05, 0) is 55.8 Å². The van der Waals surface area contributed by atoms with Crippen molar-refractivity contribution in [1.29, 1.82) is 0 Å². The lowest BCUT2D eigenvalue weighted by Gasteiger charge is -2.27. The van der Waals surface area contributed by atoms with Gasteiger partial charge in [-0.25, -0.2) is 12.8 Å². The molecule has 170 valence electrons. The zero-order valence-electron chi connectivity index (χ0n) is 18.4. The van der Waals surface area contributed by atoms with Gasteiger partial charge in [0.2, 0.25) is 0 Å². The highest BCUT2D eigenvalue weighted by molar-refractivity contribution is 7.91. The Morgan fingerprint density at radius 3 is 2.45 bits per heavy atom. The van der Waals surface area contributed by atoms with E-state index in [4.69, 9.17) is 0 Å². The smallest absolute Gasteiger partial charge is 0.255 e. The number of hydrogen-bond donors (Lipinski definition) is 2. The molecule has 0 spiro atoms. The van der Waals surface area contributed by atoms with Crippen molar-refractivity contribution in [2.75, 3.05) is 5.75 Å². The second kappa shape index (κ2) is 8.12. The number of hydrogen-bond acceptors (Lipinski definition) is 4. The Morgan fingerprint density at radius 1 is 1.00 bits per heavy atom. The highest BCUT2D eigenvalue weighted by Crippen LogP contribution is 2.25. The van der Waals surface area contributed by atoms with E-state index in [1.54, 1.807) is 57.2 Å². The maximum atomic E-state index is 14.9. The minimum absolute atomic E-state index is 0.0432. The number of carbonyl (C=O) groups is 1. The van der Waals surface area contributed by atoms with Crippen LogP contribution in [0, 0.1) is 5.82 Å². The molecule has 2 N–H and O–H groups in total. The maximum Gasteiger partial charge on any atom is 0.255 e.